The van der Waals surface area contributed by atoms with Gasteiger partial charge in [-0.05, 0) is 17.7 Å². The normalized spacial score (nSPS) is 10.6. The van der Waals surface area contributed by atoms with Crippen LogP contribution in [0, 0.1) is 0 Å². The van der Waals surface area contributed by atoms with Gasteiger partial charge in [0.1, 0.15) is 5.52 Å². The largest absolute Gasteiger partial charge is 0.253 e. The van der Waals surface area contributed by atoms with Gasteiger partial charge in [-0.1, -0.05) is 27.5 Å². The Morgan fingerprint density at radius 1 is 1.38 bits per heavy atom. The van der Waals surface area contributed by atoms with Gasteiger partial charge in [0, 0.05) is 23.1 Å². The number of pyridine rings is 2. The zero-order valence-corrected chi connectivity index (χ0v) is 9.01. The van der Waals surface area contributed by atoms with E-state index in [9.17, 15) is 0 Å². The maximum absolute atomic E-state index is 5.87. The van der Waals surface area contributed by atoms with Crippen LogP contribution in [0.2, 0.25) is 5.15 Å². The average Bonchev–Trinajstić information content (AvgIpc) is 2.18. The van der Waals surface area contributed by atoms with Crippen molar-refractivity contribution < 1.29 is 0 Å². The fourth-order valence-electron chi connectivity index (χ4n) is 1.14. The quantitative estimate of drug-likeness (QED) is 0.579. The smallest absolute Gasteiger partial charge is 0.155 e. The first-order valence-corrected chi connectivity index (χ1v) is 5.26. The molecular weight excluding hydrogens is 251 g/mol. The van der Waals surface area contributed by atoms with Crippen LogP contribution in [0.15, 0.2) is 24.5 Å². The summed E-state index contributed by atoms with van der Waals surface area (Å²) >= 11 is 9.24. The number of fused-ring (bicyclic) bond motifs is 1. The van der Waals surface area contributed by atoms with Crippen molar-refractivity contribution in [2.75, 3.05) is 0 Å². The van der Waals surface area contributed by atoms with Crippen LogP contribution >= 0.6 is 27.5 Å². The Bertz CT molecular complexity index is 445. The van der Waals surface area contributed by atoms with E-state index in [0.29, 0.717) is 5.15 Å². The van der Waals surface area contributed by atoms with Gasteiger partial charge in [0.2, 0.25) is 0 Å². The van der Waals surface area contributed by atoms with E-state index in [1.54, 1.807) is 12.4 Å². The minimum Gasteiger partial charge on any atom is -0.253 e. The summed E-state index contributed by atoms with van der Waals surface area (Å²) in [5.74, 6) is 0. The lowest BCUT2D eigenvalue weighted by atomic mass is 10.2. The fourth-order valence-corrected chi connectivity index (χ4v) is 1.66. The van der Waals surface area contributed by atoms with Gasteiger partial charge in [-0.15, -0.1) is 0 Å². The van der Waals surface area contributed by atoms with Crippen molar-refractivity contribution in [2.45, 2.75) is 5.33 Å². The Kier molecular flexibility index (Phi) is 2.47. The van der Waals surface area contributed by atoms with E-state index < -0.39 is 0 Å². The molecule has 0 radical (unpaired) electrons. The van der Waals surface area contributed by atoms with Crippen LogP contribution in [0.5, 0.6) is 0 Å². The van der Waals surface area contributed by atoms with Gasteiger partial charge in [-0.25, -0.2) is 4.98 Å². The minimum absolute atomic E-state index is 0.457. The summed E-state index contributed by atoms with van der Waals surface area (Å²) in [4.78, 5) is 8.18. The summed E-state index contributed by atoms with van der Waals surface area (Å²) in [5.41, 5.74) is 1.89. The SMILES string of the molecule is Clc1nccc2cc(CBr)cnc12. The molecule has 0 saturated heterocycles. The second-order valence-corrected chi connectivity index (χ2v) is 3.57. The van der Waals surface area contributed by atoms with Crippen molar-refractivity contribution in [3.63, 3.8) is 0 Å². The first-order chi connectivity index (χ1) is 6.31. The molecule has 0 unspecified atom stereocenters. The molecule has 2 aromatic rings. The summed E-state index contributed by atoms with van der Waals surface area (Å²) in [6, 6.07) is 3.95. The molecule has 0 aliphatic heterocycles. The zero-order valence-electron chi connectivity index (χ0n) is 6.67. The molecule has 2 rings (SSSR count). The molecule has 0 amide bonds. The molecule has 0 fully saturated rings. The van der Waals surface area contributed by atoms with Crippen molar-refractivity contribution in [3.8, 4) is 0 Å². The van der Waals surface area contributed by atoms with E-state index in [2.05, 4.69) is 25.9 Å². The number of nitrogens with zero attached hydrogens (tertiary/aromatic N) is 2. The van der Waals surface area contributed by atoms with Gasteiger partial charge >= 0.3 is 0 Å². The van der Waals surface area contributed by atoms with Crippen LogP contribution in [0.1, 0.15) is 5.56 Å². The van der Waals surface area contributed by atoms with Crippen LogP contribution in [0.25, 0.3) is 10.9 Å². The van der Waals surface area contributed by atoms with Gasteiger partial charge in [0.05, 0.1) is 0 Å². The second-order valence-electron chi connectivity index (χ2n) is 2.65. The van der Waals surface area contributed by atoms with Crippen molar-refractivity contribution in [1.82, 2.24) is 9.97 Å². The average molecular weight is 258 g/mol. The highest BCUT2D eigenvalue weighted by Gasteiger charge is 2.01. The second kappa shape index (κ2) is 3.60. The van der Waals surface area contributed by atoms with Crippen LogP contribution in [0.4, 0.5) is 0 Å². The summed E-state index contributed by atoms with van der Waals surface area (Å²) in [7, 11) is 0. The lowest BCUT2D eigenvalue weighted by Gasteiger charge is -2.00. The predicted molar refractivity (Wildman–Crippen MR) is 57.2 cm³/mol. The van der Waals surface area contributed by atoms with Crippen molar-refractivity contribution in [2.24, 2.45) is 0 Å². The van der Waals surface area contributed by atoms with Crippen LogP contribution in [-0.4, -0.2) is 9.97 Å². The molecule has 0 atom stereocenters. The third-order valence-corrected chi connectivity index (χ3v) is 2.69. The molecule has 0 aliphatic rings. The molecule has 13 heavy (non-hydrogen) atoms. The first-order valence-electron chi connectivity index (χ1n) is 3.76. The number of hydrogen-bond acceptors (Lipinski definition) is 2. The molecular formula is C9H6BrClN2. The van der Waals surface area contributed by atoms with Crippen molar-refractivity contribution in [3.05, 3.63) is 35.2 Å². The topological polar surface area (TPSA) is 25.8 Å². The fraction of sp³-hybridized carbons (Fsp3) is 0.111. The minimum atomic E-state index is 0.457. The van der Waals surface area contributed by atoms with Crippen molar-refractivity contribution in [1.29, 1.82) is 0 Å². The van der Waals surface area contributed by atoms with Crippen LogP contribution in [-0.2, 0) is 5.33 Å². The van der Waals surface area contributed by atoms with E-state index in [1.165, 1.54) is 0 Å². The molecule has 0 aromatic carbocycles. The highest BCUT2D eigenvalue weighted by molar-refractivity contribution is 9.08. The monoisotopic (exact) mass is 256 g/mol. The zero-order chi connectivity index (χ0) is 9.26. The van der Waals surface area contributed by atoms with Crippen molar-refractivity contribution >= 4 is 38.4 Å². The predicted octanol–water partition coefficient (Wildman–Crippen LogP) is 3.18. The van der Waals surface area contributed by atoms with Gasteiger partial charge in [-0.3, -0.25) is 4.98 Å². The molecule has 2 nitrogen and oxygen atoms in total. The van der Waals surface area contributed by atoms with E-state index in [0.717, 1.165) is 21.8 Å². The Morgan fingerprint density at radius 3 is 3.00 bits per heavy atom. The molecule has 0 aliphatic carbocycles. The number of alkyl halides is 1. The summed E-state index contributed by atoms with van der Waals surface area (Å²) in [6.07, 6.45) is 3.48. The van der Waals surface area contributed by atoms with Gasteiger partial charge in [0.25, 0.3) is 0 Å². The molecule has 0 bridgehead atoms. The number of rotatable bonds is 1. The molecule has 0 N–H and O–H groups in total. The number of halogens is 2. The Balaban J connectivity index is 2.72. The lowest BCUT2D eigenvalue weighted by Crippen LogP contribution is -1.85. The molecule has 0 spiro atoms. The lowest BCUT2D eigenvalue weighted by molar-refractivity contribution is 1.27. The third-order valence-electron chi connectivity index (χ3n) is 1.77. The summed E-state index contributed by atoms with van der Waals surface area (Å²) in [6.45, 7) is 0. The van der Waals surface area contributed by atoms with E-state index >= 15 is 0 Å². The Morgan fingerprint density at radius 2 is 2.23 bits per heavy atom. The maximum Gasteiger partial charge on any atom is 0.155 e. The third kappa shape index (κ3) is 1.67. The highest BCUT2D eigenvalue weighted by atomic mass is 79.9. The number of hydrogen-bond donors (Lipinski definition) is 0. The highest BCUT2D eigenvalue weighted by Crippen LogP contribution is 2.19. The van der Waals surface area contributed by atoms with E-state index in [-0.39, 0.29) is 0 Å². The van der Waals surface area contributed by atoms with Crippen LogP contribution in [0.3, 0.4) is 0 Å². The summed E-state index contributed by atoms with van der Waals surface area (Å²) in [5, 5.41) is 2.28. The van der Waals surface area contributed by atoms with Crippen LogP contribution < -0.4 is 0 Å². The Labute approximate surface area is 89.1 Å². The molecule has 2 heterocycles. The molecule has 0 saturated carbocycles. The molecule has 2 aromatic heterocycles. The number of aromatic nitrogens is 2. The van der Waals surface area contributed by atoms with E-state index in [1.807, 2.05) is 12.1 Å². The molecule has 4 heteroatoms. The first kappa shape index (κ1) is 8.91. The summed E-state index contributed by atoms with van der Waals surface area (Å²) < 4.78 is 0. The van der Waals surface area contributed by atoms with E-state index in [4.69, 9.17) is 11.6 Å². The maximum atomic E-state index is 5.87. The van der Waals surface area contributed by atoms with Gasteiger partial charge in [0.15, 0.2) is 5.15 Å². The molecule has 66 valence electrons. The van der Waals surface area contributed by atoms with Gasteiger partial charge in [-0.2, -0.15) is 0 Å². The standard InChI is InChI=1S/C9H6BrClN2/c10-4-6-3-7-1-2-12-9(11)8(7)13-5-6/h1-3,5H,4H2. The van der Waals surface area contributed by atoms with Gasteiger partial charge < -0.3 is 0 Å². The Hall–Kier alpha value is -0.670.